The molecule has 1 aromatic carbocycles. The van der Waals surface area contributed by atoms with Gasteiger partial charge in [0, 0.05) is 37.7 Å². The molecule has 1 fully saturated rings. The maximum absolute atomic E-state index is 12.7. The largest absolute Gasteiger partial charge is 0.378 e. The summed E-state index contributed by atoms with van der Waals surface area (Å²) < 4.78 is 7.20. The maximum Gasteiger partial charge on any atom is 0.270 e. The van der Waals surface area contributed by atoms with Crippen LogP contribution in [0.4, 0.5) is 11.4 Å². The Morgan fingerprint density at radius 3 is 2.62 bits per heavy atom. The minimum atomic E-state index is -0.527. The molecule has 0 aliphatic carbocycles. The fraction of sp³-hybridized carbons (Fsp3) is 0.368. The minimum absolute atomic E-state index is 0.135. The molecule has 7 heteroatoms. The van der Waals surface area contributed by atoms with Crippen LogP contribution in [0.15, 0.2) is 42.6 Å². The van der Waals surface area contributed by atoms with Gasteiger partial charge in [-0.3, -0.25) is 9.59 Å². The van der Waals surface area contributed by atoms with Gasteiger partial charge in [0.05, 0.1) is 19.8 Å². The summed E-state index contributed by atoms with van der Waals surface area (Å²) >= 11 is 0. The average Bonchev–Trinajstić information content (AvgIpc) is 3.15. The number of anilines is 2. The van der Waals surface area contributed by atoms with Crippen LogP contribution in [0.25, 0.3) is 0 Å². The fourth-order valence-corrected chi connectivity index (χ4v) is 3.46. The Morgan fingerprint density at radius 1 is 1.15 bits per heavy atom. The molecule has 0 spiro atoms. The second-order valence-corrected chi connectivity index (χ2v) is 6.61. The number of fused-ring (bicyclic) bond motifs is 1. The molecule has 1 saturated heterocycles. The normalized spacial score (nSPS) is 20.0. The number of aromatic nitrogens is 1. The van der Waals surface area contributed by atoms with Crippen molar-refractivity contribution in [3.63, 3.8) is 0 Å². The number of benzene rings is 1. The smallest absolute Gasteiger partial charge is 0.270 e. The zero-order valence-electron chi connectivity index (χ0n) is 14.7. The van der Waals surface area contributed by atoms with E-state index in [1.165, 1.54) is 4.90 Å². The van der Waals surface area contributed by atoms with Crippen LogP contribution in [0.3, 0.4) is 0 Å². The summed E-state index contributed by atoms with van der Waals surface area (Å²) in [5.74, 6) is -0.316. The van der Waals surface area contributed by atoms with Crippen LogP contribution in [-0.4, -0.2) is 60.7 Å². The van der Waals surface area contributed by atoms with Gasteiger partial charge in [0.1, 0.15) is 11.7 Å². The van der Waals surface area contributed by atoms with Gasteiger partial charge < -0.3 is 24.4 Å². The number of carbonyl (C=O) groups is 2. The molecule has 4 rings (SSSR count). The summed E-state index contributed by atoms with van der Waals surface area (Å²) in [6.07, 6.45) is 1.83. The van der Waals surface area contributed by atoms with E-state index in [-0.39, 0.29) is 11.8 Å². The standard InChI is InChI=1S/C19H22N4O3/c1-21-17(13-23-8-2-3-16(23)19(21)25)18(24)20-14-4-6-15(7-5-14)22-9-11-26-12-10-22/h2-8,17H,9-13H2,1H3,(H,20,24). The summed E-state index contributed by atoms with van der Waals surface area (Å²) in [6, 6.07) is 10.9. The molecule has 2 amide bonds. The number of hydrogen-bond acceptors (Lipinski definition) is 4. The molecule has 0 bridgehead atoms. The molecule has 3 heterocycles. The second-order valence-electron chi connectivity index (χ2n) is 6.61. The monoisotopic (exact) mass is 354 g/mol. The summed E-state index contributed by atoms with van der Waals surface area (Å²) in [5, 5.41) is 2.93. The van der Waals surface area contributed by atoms with Crippen molar-refractivity contribution < 1.29 is 14.3 Å². The lowest BCUT2D eigenvalue weighted by Gasteiger charge is -2.32. The number of carbonyl (C=O) groups excluding carboxylic acids is 2. The fourth-order valence-electron chi connectivity index (χ4n) is 3.46. The molecule has 2 aliphatic heterocycles. The zero-order chi connectivity index (χ0) is 18.1. The van der Waals surface area contributed by atoms with Gasteiger partial charge in [0.2, 0.25) is 5.91 Å². The van der Waals surface area contributed by atoms with Crippen molar-refractivity contribution >= 4 is 23.2 Å². The van der Waals surface area contributed by atoms with E-state index in [9.17, 15) is 9.59 Å². The first-order valence-corrected chi connectivity index (χ1v) is 8.79. The van der Waals surface area contributed by atoms with Crippen molar-refractivity contribution in [1.82, 2.24) is 9.47 Å². The molecule has 2 aromatic rings. The summed E-state index contributed by atoms with van der Waals surface area (Å²) in [4.78, 5) is 28.8. The predicted octanol–water partition coefficient (Wildman–Crippen LogP) is 1.42. The molecule has 26 heavy (non-hydrogen) atoms. The Labute approximate surface area is 152 Å². The topological polar surface area (TPSA) is 66.8 Å². The van der Waals surface area contributed by atoms with E-state index in [2.05, 4.69) is 10.2 Å². The molecule has 7 nitrogen and oxygen atoms in total. The molecule has 1 unspecified atom stereocenters. The number of rotatable bonds is 3. The first kappa shape index (κ1) is 16.7. The van der Waals surface area contributed by atoms with Crippen LogP contribution in [0.1, 0.15) is 10.5 Å². The summed E-state index contributed by atoms with van der Waals surface area (Å²) in [5.41, 5.74) is 2.46. The van der Waals surface area contributed by atoms with E-state index in [0.717, 1.165) is 37.7 Å². The van der Waals surface area contributed by atoms with Crippen LogP contribution in [0, 0.1) is 0 Å². The number of morpholine rings is 1. The van der Waals surface area contributed by atoms with Gasteiger partial charge in [-0.05, 0) is 36.4 Å². The number of likely N-dealkylation sites (N-methyl/N-ethyl adjacent to an activating group) is 1. The summed E-state index contributed by atoms with van der Waals surface area (Å²) in [6.45, 7) is 3.69. The van der Waals surface area contributed by atoms with Gasteiger partial charge >= 0.3 is 0 Å². The highest BCUT2D eigenvalue weighted by Crippen LogP contribution is 2.21. The van der Waals surface area contributed by atoms with Crippen LogP contribution in [-0.2, 0) is 16.1 Å². The lowest BCUT2D eigenvalue weighted by Crippen LogP contribution is -2.51. The second kappa shape index (κ2) is 6.84. The van der Waals surface area contributed by atoms with Crippen LogP contribution < -0.4 is 10.2 Å². The molecule has 1 aromatic heterocycles. The van der Waals surface area contributed by atoms with E-state index in [1.807, 2.05) is 41.1 Å². The number of amides is 2. The lowest BCUT2D eigenvalue weighted by atomic mass is 10.1. The van der Waals surface area contributed by atoms with E-state index >= 15 is 0 Å². The number of ether oxygens (including phenoxy) is 1. The van der Waals surface area contributed by atoms with E-state index in [4.69, 9.17) is 4.74 Å². The average molecular weight is 354 g/mol. The number of nitrogens with zero attached hydrogens (tertiary/aromatic N) is 3. The van der Waals surface area contributed by atoms with Gasteiger partial charge in [-0.25, -0.2) is 0 Å². The Morgan fingerprint density at radius 2 is 1.88 bits per heavy atom. The highest BCUT2D eigenvalue weighted by Gasteiger charge is 2.34. The maximum atomic E-state index is 12.7. The summed E-state index contributed by atoms with van der Waals surface area (Å²) in [7, 11) is 1.67. The van der Waals surface area contributed by atoms with Crippen molar-refractivity contribution in [2.45, 2.75) is 12.6 Å². The Balaban J connectivity index is 1.44. The van der Waals surface area contributed by atoms with Crippen LogP contribution in [0.2, 0.25) is 0 Å². The van der Waals surface area contributed by atoms with Crippen molar-refractivity contribution in [3.8, 4) is 0 Å². The van der Waals surface area contributed by atoms with Gasteiger partial charge in [-0.2, -0.15) is 0 Å². The zero-order valence-corrected chi connectivity index (χ0v) is 14.7. The molecular formula is C19H22N4O3. The quantitative estimate of drug-likeness (QED) is 0.905. The third-order valence-electron chi connectivity index (χ3n) is 5.02. The van der Waals surface area contributed by atoms with Crippen molar-refractivity contribution in [2.24, 2.45) is 0 Å². The van der Waals surface area contributed by atoms with Crippen molar-refractivity contribution in [1.29, 1.82) is 0 Å². The predicted molar refractivity (Wildman–Crippen MR) is 98.4 cm³/mol. The third-order valence-corrected chi connectivity index (χ3v) is 5.02. The Kier molecular flexibility index (Phi) is 4.38. The molecule has 1 atom stereocenters. The number of nitrogens with one attached hydrogen (secondary N) is 1. The van der Waals surface area contributed by atoms with E-state index in [1.54, 1.807) is 13.1 Å². The van der Waals surface area contributed by atoms with Crippen LogP contribution >= 0.6 is 0 Å². The van der Waals surface area contributed by atoms with Crippen LogP contribution in [0.5, 0.6) is 0 Å². The van der Waals surface area contributed by atoms with Crippen molar-refractivity contribution in [2.75, 3.05) is 43.6 Å². The molecular weight excluding hydrogens is 332 g/mol. The van der Waals surface area contributed by atoms with Gasteiger partial charge in [-0.1, -0.05) is 0 Å². The Hall–Kier alpha value is -2.80. The van der Waals surface area contributed by atoms with Gasteiger partial charge in [-0.15, -0.1) is 0 Å². The molecule has 0 saturated carbocycles. The highest BCUT2D eigenvalue weighted by molar-refractivity contribution is 6.01. The Bertz CT molecular complexity index is 808. The van der Waals surface area contributed by atoms with Crippen molar-refractivity contribution in [3.05, 3.63) is 48.3 Å². The third kappa shape index (κ3) is 3.06. The molecule has 0 radical (unpaired) electrons. The first-order chi connectivity index (χ1) is 12.6. The van der Waals surface area contributed by atoms with E-state index < -0.39 is 6.04 Å². The van der Waals surface area contributed by atoms with E-state index in [0.29, 0.717) is 12.2 Å². The van der Waals surface area contributed by atoms with Gasteiger partial charge in [0.15, 0.2) is 0 Å². The molecule has 136 valence electrons. The molecule has 2 aliphatic rings. The lowest BCUT2D eigenvalue weighted by molar-refractivity contribution is -0.120. The van der Waals surface area contributed by atoms with Gasteiger partial charge in [0.25, 0.3) is 5.91 Å². The molecule has 1 N–H and O–H groups in total. The first-order valence-electron chi connectivity index (χ1n) is 8.79. The highest BCUT2D eigenvalue weighted by atomic mass is 16.5. The number of hydrogen-bond donors (Lipinski definition) is 1. The SMILES string of the molecule is CN1C(=O)c2cccn2CC1C(=O)Nc1ccc(N2CCOCC2)cc1. The minimum Gasteiger partial charge on any atom is -0.378 e.